The minimum atomic E-state index is -0.129. The van der Waals surface area contributed by atoms with Gasteiger partial charge in [-0.15, -0.1) is 0 Å². The molecule has 2 heterocycles. The maximum absolute atomic E-state index is 11.8. The summed E-state index contributed by atoms with van der Waals surface area (Å²) in [5, 5.41) is 3.35. The molecule has 0 saturated heterocycles. The van der Waals surface area contributed by atoms with Gasteiger partial charge in [0.1, 0.15) is 5.82 Å². The number of methoxy groups -OCH3 is 1. The Labute approximate surface area is 125 Å². The number of pyridine rings is 1. The van der Waals surface area contributed by atoms with Crippen molar-refractivity contribution in [1.29, 1.82) is 0 Å². The van der Waals surface area contributed by atoms with Crippen LogP contribution < -0.4 is 10.9 Å². The van der Waals surface area contributed by atoms with Crippen LogP contribution >= 0.6 is 0 Å². The average molecular weight is 292 g/mol. The number of anilines is 1. The Balaban J connectivity index is 1.79. The second-order valence-corrected chi connectivity index (χ2v) is 5.47. The van der Waals surface area contributed by atoms with Gasteiger partial charge in [-0.25, -0.2) is 0 Å². The predicted octanol–water partition coefficient (Wildman–Crippen LogP) is 2.33. The van der Waals surface area contributed by atoms with Gasteiger partial charge in [0.25, 0.3) is 5.56 Å². The van der Waals surface area contributed by atoms with Crippen LogP contribution in [-0.4, -0.2) is 24.2 Å². The number of rotatable bonds is 7. The van der Waals surface area contributed by atoms with Gasteiger partial charge in [0.05, 0.1) is 7.11 Å². The SMILES string of the molecule is COC(=O)CCCCCCc1ccc(=O)n2c1NCCC2. The summed E-state index contributed by atoms with van der Waals surface area (Å²) in [4.78, 5) is 22.8. The average Bonchev–Trinajstić information content (AvgIpc) is 2.52. The molecule has 1 aromatic heterocycles. The molecule has 0 atom stereocenters. The van der Waals surface area contributed by atoms with Gasteiger partial charge in [-0.2, -0.15) is 0 Å². The first-order chi connectivity index (χ1) is 10.2. The number of aromatic nitrogens is 1. The molecule has 0 amide bonds. The summed E-state index contributed by atoms with van der Waals surface area (Å²) in [6.45, 7) is 1.75. The molecule has 1 aliphatic rings. The highest BCUT2D eigenvalue weighted by atomic mass is 16.5. The Kier molecular flexibility index (Phi) is 5.84. The largest absolute Gasteiger partial charge is 0.469 e. The van der Waals surface area contributed by atoms with E-state index in [4.69, 9.17) is 0 Å². The summed E-state index contributed by atoms with van der Waals surface area (Å²) in [7, 11) is 1.43. The summed E-state index contributed by atoms with van der Waals surface area (Å²) < 4.78 is 6.46. The van der Waals surface area contributed by atoms with E-state index in [0.29, 0.717) is 6.42 Å². The lowest BCUT2D eigenvalue weighted by Gasteiger charge is -2.22. The van der Waals surface area contributed by atoms with E-state index in [2.05, 4.69) is 10.1 Å². The Bertz CT molecular complexity index is 537. The van der Waals surface area contributed by atoms with Crippen molar-refractivity contribution < 1.29 is 9.53 Å². The third kappa shape index (κ3) is 4.34. The smallest absolute Gasteiger partial charge is 0.305 e. The molecule has 1 N–H and O–H groups in total. The fraction of sp³-hybridized carbons (Fsp3) is 0.625. The first kappa shape index (κ1) is 15.6. The lowest BCUT2D eigenvalue weighted by atomic mass is 10.0. The number of fused-ring (bicyclic) bond motifs is 1. The summed E-state index contributed by atoms with van der Waals surface area (Å²) in [6, 6.07) is 3.62. The van der Waals surface area contributed by atoms with Crippen molar-refractivity contribution in [2.75, 3.05) is 19.0 Å². The zero-order valence-electron chi connectivity index (χ0n) is 12.7. The maximum atomic E-state index is 11.8. The third-order valence-electron chi connectivity index (χ3n) is 3.92. The molecule has 0 bridgehead atoms. The van der Waals surface area contributed by atoms with Gasteiger partial charge in [0, 0.05) is 25.6 Å². The molecule has 5 nitrogen and oxygen atoms in total. The molecule has 21 heavy (non-hydrogen) atoms. The van der Waals surface area contributed by atoms with E-state index >= 15 is 0 Å². The summed E-state index contributed by atoms with van der Waals surface area (Å²) in [5.74, 6) is 0.874. The molecule has 0 aliphatic carbocycles. The van der Waals surface area contributed by atoms with Crippen LogP contribution in [0.3, 0.4) is 0 Å². The fourth-order valence-electron chi connectivity index (χ4n) is 2.74. The van der Waals surface area contributed by atoms with Crippen LogP contribution in [0.25, 0.3) is 0 Å². The second kappa shape index (κ2) is 7.86. The number of esters is 1. The van der Waals surface area contributed by atoms with Gasteiger partial charge in [-0.05, 0) is 37.3 Å². The van der Waals surface area contributed by atoms with Crippen molar-refractivity contribution >= 4 is 11.8 Å². The normalized spacial score (nSPS) is 13.4. The van der Waals surface area contributed by atoms with Crippen LogP contribution in [0.15, 0.2) is 16.9 Å². The fourth-order valence-corrected chi connectivity index (χ4v) is 2.74. The van der Waals surface area contributed by atoms with E-state index in [9.17, 15) is 9.59 Å². The lowest BCUT2D eigenvalue weighted by molar-refractivity contribution is -0.140. The molecule has 1 aliphatic heterocycles. The molecular formula is C16H24N2O3. The molecule has 1 aromatic rings. The van der Waals surface area contributed by atoms with Crippen molar-refractivity contribution in [1.82, 2.24) is 4.57 Å². The minimum absolute atomic E-state index is 0.0824. The van der Waals surface area contributed by atoms with Crippen LogP contribution in [-0.2, 0) is 22.5 Å². The summed E-state index contributed by atoms with van der Waals surface area (Å²) in [5.41, 5.74) is 1.31. The lowest BCUT2D eigenvalue weighted by Crippen LogP contribution is -2.29. The Morgan fingerprint density at radius 3 is 2.90 bits per heavy atom. The Morgan fingerprint density at radius 1 is 1.29 bits per heavy atom. The van der Waals surface area contributed by atoms with Crippen LogP contribution in [0.5, 0.6) is 0 Å². The molecule has 116 valence electrons. The minimum Gasteiger partial charge on any atom is -0.469 e. The van der Waals surface area contributed by atoms with Crippen molar-refractivity contribution in [3.8, 4) is 0 Å². The summed E-state index contributed by atoms with van der Waals surface area (Å²) >= 11 is 0. The van der Waals surface area contributed by atoms with Crippen LogP contribution in [0, 0.1) is 0 Å². The highest BCUT2D eigenvalue weighted by molar-refractivity contribution is 5.68. The van der Waals surface area contributed by atoms with Gasteiger partial charge in [0.15, 0.2) is 0 Å². The number of nitrogens with one attached hydrogen (secondary N) is 1. The number of ether oxygens (including phenoxy) is 1. The second-order valence-electron chi connectivity index (χ2n) is 5.47. The van der Waals surface area contributed by atoms with Crippen molar-refractivity contribution in [2.45, 2.75) is 51.5 Å². The number of hydrogen-bond donors (Lipinski definition) is 1. The predicted molar refractivity (Wildman–Crippen MR) is 82.6 cm³/mol. The molecule has 2 rings (SSSR count). The van der Waals surface area contributed by atoms with E-state index in [-0.39, 0.29) is 11.5 Å². The van der Waals surface area contributed by atoms with Gasteiger partial charge >= 0.3 is 5.97 Å². The molecule has 5 heteroatoms. The van der Waals surface area contributed by atoms with Crippen molar-refractivity contribution in [3.63, 3.8) is 0 Å². The van der Waals surface area contributed by atoms with E-state index in [1.807, 2.05) is 10.6 Å². The Morgan fingerprint density at radius 2 is 2.10 bits per heavy atom. The molecule has 0 spiro atoms. The van der Waals surface area contributed by atoms with Gasteiger partial charge in [-0.1, -0.05) is 12.8 Å². The number of unbranched alkanes of at least 4 members (excludes halogenated alkanes) is 3. The standard InChI is InChI=1S/C16H24N2O3/c1-21-15(20)8-5-3-2-4-7-13-9-10-14(19)18-12-6-11-17-16(13)18/h9-10,17H,2-8,11-12H2,1H3. The van der Waals surface area contributed by atoms with E-state index in [0.717, 1.165) is 57.4 Å². The Hall–Kier alpha value is -1.78. The number of carbonyl (C=O) groups excluding carboxylic acids is 1. The monoisotopic (exact) mass is 292 g/mol. The highest BCUT2D eigenvalue weighted by Gasteiger charge is 2.13. The third-order valence-corrected chi connectivity index (χ3v) is 3.92. The van der Waals surface area contributed by atoms with Crippen molar-refractivity contribution in [3.05, 3.63) is 28.0 Å². The van der Waals surface area contributed by atoms with Gasteiger partial charge in [0.2, 0.25) is 0 Å². The van der Waals surface area contributed by atoms with Gasteiger partial charge in [-0.3, -0.25) is 14.2 Å². The van der Waals surface area contributed by atoms with E-state index in [1.165, 1.54) is 12.7 Å². The first-order valence-electron chi connectivity index (χ1n) is 7.76. The highest BCUT2D eigenvalue weighted by Crippen LogP contribution is 2.20. The zero-order valence-corrected chi connectivity index (χ0v) is 12.7. The molecule has 0 saturated carbocycles. The summed E-state index contributed by atoms with van der Waals surface area (Å²) in [6.07, 6.45) is 6.58. The van der Waals surface area contributed by atoms with E-state index in [1.54, 1.807) is 6.07 Å². The van der Waals surface area contributed by atoms with Crippen LogP contribution in [0.4, 0.5) is 5.82 Å². The molecule has 0 aromatic carbocycles. The maximum Gasteiger partial charge on any atom is 0.305 e. The number of aryl methyl sites for hydroxylation is 1. The van der Waals surface area contributed by atoms with E-state index < -0.39 is 0 Å². The first-order valence-corrected chi connectivity index (χ1v) is 7.76. The molecule has 0 fully saturated rings. The van der Waals surface area contributed by atoms with Crippen LogP contribution in [0.2, 0.25) is 0 Å². The quantitative estimate of drug-likeness (QED) is 0.619. The molecule has 0 radical (unpaired) electrons. The number of nitrogens with zero attached hydrogens (tertiary/aromatic N) is 1. The molecular weight excluding hydrogens is 268 g/mol. The van der Waals surface area contributed by atoms with Gasteiger partial charge < -0.3 is 10.1 Å². The molecule has 0 unspecified atom stereocenters. The van der Waals surface area contributed by atoms with Crippen molar-refractivity contribution in [2.24, 2.45) is 0 Å². The van der Waals surface area contributed by atoms with Crippen LogP contribution in [0.1, 0.15) is 44.1 Å². The zero-order chi connectivity index (χ0) is 15.1. The topological polar surface area (TPSA) is 60.3 Å². The number of hydrogen-bond acceptors (Lipinski definition) is 4. The number of carbonyl (C=O) groups is 1.